The van der Waals surface area contributed by atoms with Crippen LogP contribution in [0.4, 0.5) is 0 Å². The van der Waals surface area contributed by atoms with E-state index in [1.165, 1.54) is 0 Å². The molecule has 1 atom stereocenters. The molecule has 0 saturated carbocycles. The van der Waals surface area contributed by atoms with Crippen molar-refractivity contribution in [3.63, 3.8) is 0 Å². The maximum atomic E-state index is 11.7. The Hall–Kier alpha value is -1.07. The summed E-state index contributed by atoms with van der Waals surface area (Å²) >= 11 is 6.30. The molecule has 0 aromatic carbocycles. The van der Waals surface area contributed by atoms with E-state index in [1.54, 1.807) is 4.68 Å². The van der Waals surface area contributed by atoms with Crippen molar-refractivity contribution in [1.82, 2.24) is 14.7 Å². The molecule has 1 unspecified atom stereocenters. The molecule has 0 bridgehead atoms. The van der Waals surface area contributed by atoms with Gasteiger partial charge < -0.3 is 5.11 Å². The zero-order valence-electron chi connectivity index (χ0n) is 13.0. The van der Waals surface area contributed by atoms with Gasteiger partial charge in [0.1, 0.15) is 0 Å². The van der Waals surface area contributed by atoms with E-state index in [4.69, 9.17) is 11.6 Å². The van der Waals surface area contributed by atoms with E-state index in [2.05, 4.69) is 10.00 Å². The van der Waals surface area contributed by atoms with Crippen LogP contribution in [0.5, 0.6) is 0 Å². The minimum atomic E-state index is -0.665. The number of nitrogens with zero attached hydrogens (tertiary/aromatic N) is 3. The third-order valence-electron chi connectivity index (χ3n) is 4.47. The van der Waals surface area contributed by atoms with E-state index in [0.717, 1.165) is 43.6 Å². The lowest BCUT2D eigenvalue weighted by Gasteiger charge is -2.40. The minimum Gasteiger partial charge on any atom is -0.481 e. The van der Waals surface area contributed by atoms with Gasteiger partial charge in [-0.2, -0.15) is 5.10 Å². The predicted molar refractivity (Wildman–Crippen MR) is 82.4 cm³/mol. The molecule has 118 valence electrons. The fourth-order valence-electron chi connectivity index (χ4n) is 3.39. The van der Waals surface area contributed by atoms with Crippen molar-refractivity contribution in [1.29, 1.82) is 0 Å². The van der Waals surface area contributed by atoms with Gasteiger partial charge in [-0.05, 0) is 32.7 Å². The Morgan fingerprint density at radius 3 is 2.76 bits per heavy atom. The number of carboxylic acid groups (broad SMARTS) is 1. The Labute approximate surface area is 130 Å². The number of rotatable bonds is 5. The molecule has 1 aromatic heterocycles. The summed E-state index contributed by atoms with van der Waals surface area (Å²) in [6.07, 6.45) is 3.31. The van der Waals surface area contributed by atoms with Gasteiger partial charge in [-0.1, -0.05) is 24.9 Å². The molecule has 1 fully saturated rings. The molecule has 21 heavy (non-hydrogen) atoms. The Morgan fingerprint density at radius 1 is 1.52 bits per heavy atom. The number of aliphatic carboxylic acids is 1. The first-order valence-electron chi connectivity index (χ1n) is 7.53. The van der Waals surface area contributed by atoms with E-state index in [1.807, 2.05) is 20.9 Å². The summed E-state index contributed by atoms with van der Waals surface area (Å²) in [7, 11) is 1.88. The summed E-state index contributed by atoms with van der Waals surface area (Å²) in [4.78, 5) is 13.9. The van der Waals surface area contributed by atoms with Crippen LogP contribution in [-0.2, 0) is 18.4 Å². The SMILES string of the molecule is CCCC1(C(=O)O)CCCN(Cc2c(Cl)c(C)nn2C)C1. The largest absolute Gasteiger partial charge is 0.481 e. The number of hydrogen-bond acceptors (Lipinski definition) is 3. The maximum Gasteiger partial charge on any atom is 0.310 e. The molecule has 2 heterocycles. The highest BCUT2D eigenvalue weighted by Gasteiger charge is 2.41. The van der Waals surface area contributed by atoms with Crippen LogP contribution in [0.25, 0.3) is 0 Å². The van der Waals surface area contributed by atoms with E-state index < -0.39 is 11.4 Å². The zero-order valence-corrected chi connectivity index (χ0v) is 13.8. The highest BCUT2D eigenvalue weighted by Crippen LogP contribution is 2.36. The van der Waals surface area contributed by atoms with Gasteiger partial charge in [0.2, 0.25) is 0 Å². The van der Waals surface area contributed by atoms with Gasteiger partial charge in [0, 0.05) is 20.1 Å². The van der Waals surface area contributed by atoms with Crippen molar-refractivity contribution in [3.8, 4) is 0 Å². The molecule has 6 heteroatoms. The van der Waals surface area contributed by atoms with Gasteiger partial charge in [0.25, 0.3) is 0 Å². The van der Waals surface area contributed by atoms with Crippen LogP contribution in [0.3, 0.4) is 0 Å². The average Bonchev–Trinajstić information content (AvgIpc) is 2.66. The maximum absolute atomic E-state index is 11.7. The molecule has 1 aliphatic heterocycles. The van der Waals surface area contributed by atoms with Crippen molar-refractivity contribution < 1.29 is 9.90 Å². The topological polar surface area (TPSA) is 58.4 Å². The smallest absolute Gasteiger partial charge is 0.310 e. The highest BCUT2D eigenvalue weighted by atomic mass is 35.5. The molecular weight excluding hydrogens is 290 g/mol. The van der Waals surface area contributed by atoms with Crippen molar-refractivity contribution in [2.24, 2.45) is 12.5 Å². The standard InChI is InChI=1S/C15H24ClN3O2/c1-4-6-15(14(20)21)7-5-8-19(10-15)9-12-13(16)11(2)17-18(12)3/h4-10H2,1-3H3,(H,20,21). The summed E-state index contributed by atoms with van der Waals surface area (Å²) in [5.41, 5.74) is 1.18. The van der Waals surface area contributed by atoms with E-state index in [0.29, 0.717) is 18.1 Å². The van der Waals surface area contributed by atoms with Crippen LogP contribution < -0.4 is 0 Å². The molecule has 0 radical (unpaired) electrons. The van der Waals surface area contributed by atoms with Gasteiger partial charge in [0.15, 0.2) is 0 Å². The van der Waals surface area contributed by atoms with Crippen molar-refractivity contribution in [2.45, 2.75) is 46.1 Å². The summed E-state index contributed by atoms with van der Waals surface area (Å²) in [6, 6.07) is 0. The molecule has 1 aromatic rings. The first-order valence-corrected chi connectivity index (χ1v) is 7.91. The molecule has 5 nitrogen and oxygen atoms in total. The highest BCUT2D eigenvalue weighted by molar-refractivity contribution is 6.31. The van der Waals surface area contributed by atoms with Crippen molar-refractivity contribution in [3.05, 3.63) is 16.4 Å². The number of aromatic nitrogens is 2. The lowest BCUT2D eigenvalue weighted by atomic mass is 9.76. The molecule has 1 aliphatic rings. The summed E-state index contributed by atoms with van der Waals surface area (Å²) in [5, 5.41) is 14.7. The second-order valence-electron chi connectivity index (χ2n) is 6.12. The Kier molecular flexibility index (Phi) is 4.94. The Bertz CT molecular complexity index is 525. The predicted octanol–water partition coefficient (Wildman–Crippen LogP) is 2.85. The normalized spacial score (nSPS) is 23.4. The fraction of sp³-hybridized carbons (Fsp3) is 0.733. The molecular formula is C15H24ClN3O2. The average molecular weight is 314 g/mol. The van der Waals surface area contributed by atoms with Crippen LogP contribution in [0.2, 0.25) is 5.02 Å². The summed E-state index contributed by atoms with van der Waals surface area (Å²) < 4.78 is 1.80. The van der Waals surface area contributed by atoms with Gasteiger partial charge in [0.05, 0.1) is 21.8 Å². The fourth-order valence-corrected chi connectivity index (χ4v) is 3.61. The van der Waals surface area contributed by atoms with Gasteiger partial charge >= 0.3 is 5.97 Å². The monoisotopic (exact) mass is 313 g/mol. The number of carboxylic acids is 1. The molecule has 2 rings (SSSR count). The molecule has 1 saturated heterocycles. The van der Waals surface area contributed by atoms with Crippen molar-refractivity contribution in [2.75, 3.05) is 13.1 Å². The van der Waals surface area contributed by atoms with Crippen LogP contribution in [0, 0.1) is 12.3 Å². The van der Waals surface area contributed by atoms with Crippen molar-refractivity contribution >= 4 is 17.6 Å². The second-order valence-corrected chi connectivity index (χ2v) is 6.50. The van der Waals surface area contributed by atoms with Gasteiger partial charge in [-0.15, -0.1) is 0 Å². The minimum absolute atomic E-state index is 0.594. The third kappa shape index (κ3) is 3.24. The number of likely N-dealkylation sites (tertiary alicyclic amines) is 1. The number of hydrogen-bond donors (Lipinski definition) is 1. The van der Waals surface area contributed by atoms with E-state index >= 15 is 0 Å². The first-order chi connectivity index (χ1) is 9.89. The Morgan fingerprint density at radius 2 is 2.24 bits per heavy atom. The summed E-state index contributed by atoms with van der Waals surface area (Å²) in [5.74, 6) is -0.665. The number of halogens is 1. The molecule has 1 N–H and O–H groups in total. The summed E-state index contributed by atoms with van der Waals surface area (Å²) in [6.45, 7) is 6.11. The van der Waals surface area contributed by atoms with Crippen LogP contribution in [-0.4, -0.2) is 38.8 Å². The lowest BCUT2D eigenvalue weighted by Crippen LogP contribution is -2.47. The van der Waals surface area contributed by atoms with Gasteiger partial charge in [-0.3, -0.25) is 14.4 Å². The Balaban J connectivity index is 2.16. The quantitative estimate of drug-likeness (QED) is 0.908. The first kappa shape index (κ1) is 16.3. The molecule has 0 aliphatic carbocycles. The number of aryl methyl sites for hydroxylation is 2. The number of carbonyl (C=O) groups is 1. The van der Waals surface area contributed by atoms with Crippen LogP contribution in [0.1, 0.15) is 44.0 Å². The molecule has 0 amide bonds. The molecule has 0 spiro atoms. The lowest BCUT2D eigenvalue weighted by molar-refractivity contribution is -0.153. The van der Waals surface area contributed by atoms with Gasteiger partial charge in [-0.25, -0.2) is 0 Å². The van der Waals surface area contributed by atoms with E-state index in [-0.39, 0.29) is 0 Å². The van der Waals surface area contributed by atoms with Crippen LogP contribution >= 0.6 is 11.6 Å². The van der Waals surface area contributed by atoms with Crippen LogP contribution in [0.15, 0.2) is 0 Å². The zero-order chi connectivity index (χ0) is 15.6. The second kappa shape index (κ2) is 6.36. The van der Waals surface area contributed by atoms with E-state index in [9.17, 15) is 9.90 Å². The third-order valence-corrected chi connectivity index (χ3v) is 4.96. The number of piperidine rings is 1.